The molecular weight excluding hydrogens is 721 g/mol. The molecule has 0 spiro atoms. The molecule has 3 aromatic rings. The number of aliphatic imine (C=N–C) groups is 1. The number of nitrogens with one attached hydrogen (secondary N) is 1. The predicted molar refractivity (Wildman–Crippen MR) is 204 cm³/mol. The third kappa shape index (κ3) is 6.16. The van der Waals surface area contributed by atoms with E-state index in [4.69, 9.17) is 25.4 Å². The van der Waals surface area contributed by atoms with E-state index in [0.29, 0.717) is 42.0 Å². The summed E-state index contributed by atoms with van der Waals surface area (Å²) in [5.41, 5.74) is 12.2. The van der Waals surface area contributed by atoms with Crippen LogP contribution in [0.1, 0.15) is 116 Å². The van der Waals surface area contributed by atoms with Crippen molar-refractivity contribution in [2.24, 2.45) is 16.5 Å². The Balaban J connectivity index is 1.48. The largest absolute Gasteiger partial charge is 0.489 e. The number of rotatable bonds is 7. The second-order valence-electron chi connectivity index (χ2n) is 15.8. The van der Waals surface area contributed by atoms with Crippen molar-refractivity contribution < 1.29 is 39.5 Å². The fourth-order valence-corrected chi connectivity index (χ4v) is 12.5. The molecular formula is C38H48N4O9S2. The Hall–Kier alpha value is -3.18. The van der Waals surface area contributed by atoms with Crippen molar-refractivity contribution in [3.8, 4) is 11.5 Å². The number of aliphatic hydroxyl groups is 4. The van der Waals surface area contributed by atoms with Crippen LogP contribution in [0.2, 0.25) is 0 Å². The van der Waals surface area contributed by atoms with Crippen LogP contribution >= 0.6 is 21.6 Å². The second-order valence-corrected chi connectivity index (χ2v) is 18.3. The van der Waals surface area contributed by atoms with E-state index in [2.05, 4.69) is 10.5 Å². The van der Waals surface area contributed by atoms with Crippen molar-refractivity contribution in [2.75, 3.05) is 24.4 Å². The summed E-state index contributed by atoms with van der Waals surface area (Å²) < 4.78 is 20.7. The van der Waals surface area contributed by atoms with Crippen LogP contribution in [-0.4, -0.2) is 73.9 Å². The third-order valence-corrected chi connectivity index (χ3v) is 14.9. The SMILES string of the molecule is CC1(O)CCCC2c3c(c4c5oc6c(c(=O)c5c3OC3CCCC3)C(c3ccc(NO)cc3)CCC6(O)CC(CO)(N=C(N)N)CSSC4CO)OC21. The molecule has 15 heteroatoms. The van der Waals surface area contributed by atoms with Crippen LogP contribution in [-0.2, 0) is 5.60 Å². The van der Waals surface area contributed by atoms with Gasteiger partial charge in [0.25, 0.3) is 0 Å². The highest BCUT2D eigenvalue weighted by Crippen LogP contribution is 2.61. The van der Waals surface area contributed by atoms with E-state index in [1.54, 1.807) is 19.1 Å². The predicted octanol–water partition coefficient (Wildman–Crippen LogP) is 4.63. The summed E-state index contributed by atoms with van der Waals surface area (Å²) in [6, 6.07) is 7.08. The van der Waals surface area contributed by atoms with Gasteiger partial charge in [-0.1, -0.05) is 33.7 Å². The number of anilines is 1. The molecule has 0 amide bonds. The molecule has 3 heterocycles. The zero-order valence-electron chi connectivity index (χ0n) is 29.7. The summed E-state index contributed by atoms with van der Waals surface area (Å²) >= 11 is 0. The quantitative estimate of drug-likeness (QED) is 0.0710. The second kappa shape index (κ2) is 13.8. The topological polar surface area (TPSA) is 226 Å². The lowest BCUT2D eigenvalue weighted by Gasteiger charge is -2.41. The van der Waals surface area contributed by atoms with Gasteiger partial charge in [0, 0.05) is 35.1 Å². The molecule has 2 aliphatic heterocycles. The van der Waals surface area contributed by atoms with Crippen LogP contribution in [0.5, 0.6) is 11.5 Å². The van der Waals surface area contributed by atoms with Gasteiger partial charge in [-0.05, 0) is 82.4 Å². The number of fused-ring (bicyclic) bond motifs is 4. The average Bonchev–Trinajstić information content (AvgIpc) is 3.79. The molecule has 10 N–H and O–H groups in total. The summed E-state index contributed by atoms with van der Waals surface area (Å²) in [5.74, 6) is 0.00245. The van der Waals surface area contributed by atoms with Crippen LogP contribution in [0.15, 0.2) is 38.5 Å². The van der Waals surface area contributed by atoms with Crippen LogP contribution in [0.25, 0.3) is 11.0 Å². The first-order valence-corrected chi connectivity index (χ1v) is 20.9. The Morgan fingerprint density at radius 3 is 2.47 bits per heavy atom. The van der Waals surface area contributed by atoms with E-state index in [0.717, 1.165) is 43.2 Å². The minimum absolute atomic E-state index is 0.0447. The fourth-order valence-electron chi connectivity index (χ4n) is 9.59. The van der Waals surface area contributed by atoms with Crippen LogP contribution in [0.4, 0.5) is 5.69 Å². The van der Waals surface area contributed by atoms with Gasteiger partial charge in [-0.15, -0.1) is 0 Å². The van der Waals surface area contributed by atoms with Gasteiger partial charge in [0.1, 0.15) is 45.5 Å². The number of guanidine groups is 1. The number of nitrogens with zero attached hydrogens (tertiary/aromatic N) is 1. The normalized spacial score (nSPS) is 32.4. The molecule has 8 rings (SSSR count). The van der Waals surface area contributed by atoms with Crippen molar-refractivity contribution in [1.82, 2.24) is 0 Å². The molecule has 7 unspecified atom stereocenters. The van der Waals surface area contributed by atoms with Crippen LogP contribution < -0.4 is 31.8 Å². The Labute approximate surface area is 314 Å². The maximum atomic E-state index is 15.6. The maximum Gasteiger partial charge on any atom is 0.200 e. The molecule has 286 valence electrons. The van der Waals surface area contributed by atoms with Crippen molar-refractivity contribution in [3.63, 3.8) is 0 Å². The molecule has 2 bridgehead atoms. The van der Waals surface area contributed by atoms with Crippen molar-refractivity contribution in [3.05, 3.63) is 62.5 Å². The Kier molecular flexibility index (Phi) is 9.60. The lowest BCUT2D eigenvalue weighted by Crippen LogP contribution is -2.47. The lowest BCUT2D eigenvalue weighted by molar-refractivity contribution is -0.0727. The van der Waals surface area contributed by atoms with Gasteiger partial charge in [0.15, 0.2) is 5.96 Å². The molecule has 1 aromatic heterocycles. The number of ether oxygens (including phenoxy) is 2. The highest BCUT2D eigenvalue weighted by Gasteiger charge is 2.54. The Bertz CT molecular complexity index is 1980. The summed E-state index contributed by atoms with van der Waals surface area (Å²) in [5, 5.41) is 55.6. The van der Waals surface area contributed by atoms with E-state index < -0.39 is 40.6 Å². The van der Waals surface area contributed by atoms with Crippen LogP contribution in [0, 0.1) is 0 Å². The summed E-state index contributed by atoms with van der Waals surface area (Å²) in [4.78, 5) is 20.1. The molecule has 0 radical (unpaired) electrons. The number of aliphatic hydroxyl groups excluding tert-OH is 2. The van der Waals surface area contributed by atoms with Gasteiger partial charge in [-0.2, -0.15) is 0 Å². The summed E-state index contributed by atoms with van der Waals surface area (Å²) in [6.07, 6.45) is 5.27. The Morgan fingerprint density at radius 1 is 1.04 bits per heavy atom. The van der Waals surface area contributed by atoms with E-state index in [9.17, 15) is 25.6 Å². The van der Waals surface area contributed by atoms with Crippen molar-refractivity contribution in [1.29, 1.82) is 0 Å². The molecule has 2 aromatic carbocycles. The molecule has 2 fully saturated rings. The standard InChI is InChI=1S/C38H48N4O9S2/c1-36(46)13-4-7-23-26-30(50-33(23)36)27-24(15-43)53-52-18-37(17-44,41-35(39)40)16-38(47)14-12-22(19-8-10-20(42-48)11-9-19)25-29(45)28(32(27)51-34(25)38)31(26)49-21-5-2-3-6-21/h8-11,21-24,33,42-44,46-48H,2-7,12-18H2,1H3,(H4,39,40,41). The number of benzene rings is 2. The molecule has 53 heavy (non-hydrogen) atoms. The van der Waals surface area contributed by atoms with Gasteiger partial charge >= 0.3 is 0 Å². The van der Waals surface area contributed by atoms with Gasteiger partial charge in [0.2, 0.25) is 5.43 Å². The molecule has 0 saturated heterocycles. The summed E-state index contributed by atoms with van der Waals surface area (Å²) in [6.45, 7) is 0.922. The monoisotopic (exact) mass is 768 g/mol. The smallest absolute Gasteiger partial charge is 0.200 e. The first-order valence-electron chi connectivity index (χ1n) is 18.5. The van der Waals surface area contributed by atoms with E-state index in [1.807, 2.05) is 12.1 Å². The highest BCUT2D eigenvalue weighted by atomic mass is 33.1. The van der Waals surface area contributed by atoms with Crippen LogP contribution in [0.3, 0.4) is 0 Å². The highest BCUT2D eigenvalue weighted by molar-refractivity contribution is 8.76. The molecule has 3 aliphatic carbocycles. The van der Waals surface area contributed by atoms with Crippen molar-refractivity contribution >= 4 is 44.2 Å². The molecule has 13 nitrogen and oxygen atoms in total. The van der Waals surface area contributed by atoms with E-state index in [-0.39, 0.29) is 70.9 Å². The number of hydrogen-bond donors (Lipinski definition) is 8. The zero-order chi connectivity index (χ0) is 37.3. The molecule has 7 atom stereocenters. The zero-order valence-corrected chi connectivity index (χ0v) is 31.3. The number of hydrogen-bond acceptors (Lipinski definition) is 13. The lowest BCUT2D eigenvalue weighted by atomic mass is 9.70. The first kappa shape index (κ1) is 36.8. The first-order chi connectivity index (χ1) is 25.4. The van der Waals surface area contributed by atoms with E-state index in [1.165, 1.54) is 21.6 Å². The van der Waals surface area contributed by atoms with Gasteiger partial charge in [-0.25, -0.2) is 4.99 Å². The maximum absolute atomic E-state index is 15.6. The minimum atomic E-state index is -1.79. The van der Waals surface area contributed by atoms with Gasteiger partial charge < -0.3 is 45.8 Å². The summed E-state index contributed by atoms with van der Waals surface area (Å²) in [7, 11) is 2.66. The molecule has 2 saturated carbocycles. The van der Waals surface area contributed by atoms with Crippen molar-refractivity contribution in [2.45, 2.75) is 117 Å². The third-order valence-electron chi connectivity index (χ3n) is 12.1. The number of nitrogens with two attached hydrogens (primary N) is 2. The van der Waals surface area contributed by atoms with Gasteiger partial charge in [-0.3, -0.25) is 15.5 Å². The Morgan fingerprint density at radius 2 is 1.79 bits per heavy atom. The average molecular weight is 769 g/mol. The van der Waals surface area contributed by atoms with E-state index >= 15 is 4.79 Å². The fraction of sp³-hybridized carbons (Fsp3) is 0.579. The molecule has 5 aliphatic rings. The van der Waals surface area contributed by atoms with Gasteiger partial charge in [0.05, 0.1) is 41.4 Å². The minimum Gasteiger partial charge on any atom is -0.489 e.